The van der Waals surface area contributed by atoms with Gasteiger partial charge < -0.3 is 15.4 Å². The maximum atomic E-state index is 14.0. The third kappa shape index (κ3) is 3.66. The van der Waals surface area contributed by atoms with Gasteiger partial charge in [-0.05, 0) is 31.7 Å². The first-order chi connectivity index (χ1) is 9.72. The molecule has 0 aromatic carbocycles. The summed E-state index contributed by atoms with van der Waals surface area (Å²) < 4.78 is 19.3. The van der Waals surface area contributed by atoms with Gasteiger partial charge in [0.1, 0.15) is 0 Å². The Kier molecular flexibility index (Phi) is 5.29. The van der Waals surface area contributed by atoms with Crippen LogP contribution in [0.3, 0.4) is 0 Å². The fraction of sp³-hybridized carbons (Fsp3) is 0.571. The van der Waals surface area contributed by atoms with Gasteiger partial charge in [0.25, 0.3) is 5.91 Å². The van der Waals surface area contributed by atoms with Gasteiger partial charge in [0, 0.05) is 32.5 Å². The summed E-state index contributed by atoms with van der Waals surface area (Å²) in [5.41, 5.74) is 0.0265. The minimum absolute atomic E-state index is 0.0265. The minimum Gasteiger partial charge on any atom is -0.381 e. The number of carbonyl (C=O) groups is 1. The summed E-state index contributed by atoms with van der Waals surface area (Å²) in [5.74, 6) is -0.390. The SMILES string of the molecule is CCNc1nccc(C(=O)NCCC2CCOC2)c1F. The van der Waals surface area contributed by atoms with Crippen molar-refractivity contribution in [2.75, 3.05) is 31.6 Å². The lowest BCUT2D eigenvalue weighted by atomic mass is 10.1. The molecule has 2 heterocycles. The normalized spacial score (nSPS) is 18.0. The highest BCUT2D eigenvalue weighted by molar-refractivity contribution is 5.95. The molecule has 1 amide bonds. The van der Waals surface area contributed by atoms with Gasteiger partial charge in [0.15, 0.2) is 11.6 Å². The molecule has 1 fully saturated rings. The molecule has 2 rings (SSSR count). The molecule has 0 radical (unpaired) electrons. The van der Waals surface area contributed by atoms with E-state index in [0.717, 1.165) is 26.1 Å². The Morgan fingerprint density at radius 2 is 2.45 bits per heavy atom. The van der Waals surface area contributed by atoms with Gasteiger partial charge in [0.2, 0.25) is 0 Å². The predicted octanol–water partition coefficient (Wildman–Crippen LogP) is 1.81. The number of hydrogen-bond acceptors (Lipinski definition) is 4. The summed E-state index contributed by atoms with van der Waals surface area (Å²) in [6, 6.07) is 1.39. The average molecular weight is 281 g/mol. The second-order valence-corrected chi connectivity index (χ2v) is 4.83. The number of carbonyl (C=O) groups excluding carboxylic acids is 1. The highest BCUT2D eigenvalue weighted by Gasteiger charge is 2.18. The number of ether oxygens (including phenoxy) is 1. The first-order valence-electron chi connectivity index (χ1n) is 6.96. The lowest BCUT2D eigenvalue weighted by molar-refractivity contribution is 0.0946. The molecule has 5 nitrogen and oxygen atoms in total. The van der Waals surface area contributed by atoms with E-state index in [1.807, 2.05) is 6.92 Å². The van der Waals surface area contributed by atoms with Crippen molar-refractivity contribution in [3.05, 3.63) is 23.6 Å². The first kappa shape index (κ1) is 14.7. The van der Waals surface area contributed by atoms with Gasteiger partial charge in [-0.15, -0.1) is 0 Å². The van der Waals surface area contributed by atoms with Crippen molar-refractivity contribution in [3.63, 3.8) is 0 Å². The second-order valence-electron chi connectivity index (χ2n) is 4.83. The standard InChI is InChI=1S/C14H20FN3O2/c1-2-16-13-12(15)11(4-7-17-13)14(19)18-6-3-10-5-8-20-9-10/h4,7,10H,2-3,5-6,8-9H2,1H3,(H,16,17)(H,18,19). The fourth-order valence-electron chi connectivity index (χ4n) is 2.21. The molecule has 1 atom stereocenters. The molecule has 0 saturated carbocycles. The van der Waals surface area contributed by atoms with E-state index in [1.165, 1.54) is 12.3 Å². The van der Waals surface area contributed by atoms with Crippen molar-refractivity contribution < 1.29 is 13.9 Å². The number of nitrogens with one attached hydrogen (secondary N) is 2. The highest BCUT2D eigenvalue weighted by atomic mass is 19.1. The Balaban J connectivity index is 1.89. The van der Waals surface area contributed by atoms with E-state index in [-0.39, 0.29) is 11.4 Å². The van der Waals surface area contributed by atoms with Crippen LogP contribution in [0.4, 0.5) is 10.2 Å². The van der Waals surface area contributed by atoms with E-state index in [4.69, 9.17) is 4.74 Å². The highest BCUT2D eigenvalue weighted by Crippen LogP contribution is 2.16. The van der Waals surface area contributed by atoms with Crippen LogP contribution in [0.15, 0.2) is 12.3 Å². The predicted molar refractivity (Wildman–Crippen MR) is 74.2 cm³/mol. The van der Waals surface area contributed by atoms with Gasteiger partial charge in [-0.3, -0.25) is 4.79 Å². The number of nitrogens with zero attached hydrogens (tertiary/aromatic N) is 1. The topological polar surface area (TPSA) is 63.2 Å². The molecule has 110 valence electrons. The maximum Gasteiger partial charge on any atom is 0.254 e. The number of halogens is 1. The zero-order valence-corrected chi connectivity index (χ0v) is 11.6. The number of pyridine rings is 1. The summed E-state index contributed by atoms with van der Waals surface area (Å²) in [6.07, 6.45) is 3.32. The number of aromatic nitrogens is 1. The Labute approximate surface area is 117 Å². The van der Waals surface area contributed by atoms with Crippen LogP contribution in [0.5, 0.6) is 0 Å². The van der Waals surface area contributed by atoms with Crippen molar-refractivity contribution in [1.29, 1.82) is 0 Å². The third-order valence-electron chi connectivity index (χ3n) is 3.34. The molecule has 2 N–H and O–H groups in total. The van der Waals surface area contributed by atoms with Crippen molar-refractivity contribution in [1.82, 2.24) is 10.3 Å². The molecule has 1 aromatic heterocycles. The van der Waals surface area contributed by atoms with Crippen molar-refractivity contribution in [2.24, 2.45) is 5.92 Å². The molecule has 1 aliphatic rings. The number of rotatable bonds is 6. The average Bonchev–Trinajstić information content (AvgIpc) is 2.94. The largest absolute Gasteiger partial charge is 0.381 e. The lowest BCUT2D eigenvalue weighted by Gasteiger charge is -2.10. The maximum absolute atomic E-state index is 14.0. The molecule has 1 unspecified atom stereocenters. The van der Waals surface area contributed by atoms with E-state index >= 15 is 0 Å². The van der Waals surface area contributed by atoms with Crippen LogP contribution in [-0.4, -0.2) is 37.2 Å². The summed E-state index contributed by atoms with van der Waals surface area (Å²) in [4.78, 5) is 15.8. The number of anilines is 1. The Bertz CT molecular complexity index is 462. The van der Waals surface area contributed by atoms with E-state index in [1.54, 1.807) is 0 Å². The van der Waals surface area contributed by atoms with Gasteiger partial charge >= 0.3 is 0 Å². The smallest absolute Gasteiger partial charge is 0.254 e. The van der Waals surface area contributed by atoms with Crippen LogP contribution in [0.2, 0.25) is 0 Å². The fourth-order valence-corrected chi connectivity index (χ4v) is 2.21. The Morgan fingerprint density at radius 3 is 3.15 bits per heavy atom. The molecule has 1 aliphatic heterocycles. The molecule has 0 aliphatic carbocycles. The number of amides is 1. The van der Waals surface area contributed by atoms with Crippen LogP contribution < -0.4 is 10.6 Å². The zero-order valence-electron chi connectivity index (χ0n) is 11.6. The van der Waals surface area contributed by atoms with Crippen LogP contribution in [0, 0.1) is 11.7 Å². The van der Waals surface area contributed by atoms with Crippen molar-refractivity contribution >= 4 is 11.7 Å². The quantitative estimate of drug-likeness (QED) is 0.834. The van der Waals surface area contributed by atoms with Crippen LogP contribution >= 0.6 is 0 Å². The monoisotopic (exact) mass is 281 g/mol. The van der Waals surface area contributed by atoms with Crippen LogP contribution in [0.25, 0.3) is 0 Å². The van der Waals surface area contributed by atoms with Crippen molar-refractivity contribution in [2.45, 2.75) is 19.8 Å². The van der Waals surface area contributed by atoms with Gasteiger partial charge in [0.05, 0.1) is 5.56 Å². The van der Waals surface area contributed by atoms with E-state index in [2.05, 4.69) is 15.6 Å². The molecule has 0 spiro atoms. The Morgan fingerprint density at radius 1 is 1.60 bits per heavy atom. The van der Waals surface area contributed by atoms with Crippen molar-refractivity contribution in [3.8, 4) is 0 Å². The third-order valence-corrected chi connectivity index (χ3v) is 3.34. The zero-order chi connectivity index (χ0) is 14.4. The van der Waals surface area contributed by atoms with Crippen LogP contribution in [-0.2, 0) is 4.74 Å². The molecular formula is C14H20FN3O2. The van der Waals surface area contributed by atoms with E-state index in [9.17, 15) is 9.18 Å². The molecular weight excluding hydrogens is 261 g/mol. The Hall–Kier alpha value is -1.69. The van der Waals surface area contributed by atoms with Gasteiger partial charge in [-0.25, -0.2) is 9.37 Å². The first-order valence-corrected chi connectivity index (χ1v) is 6.96. The summed E-state index contributed by atoms with van der Waals surface area (Å²) >= 11 is 0. The lowest BCUT2D eigenvalue weighted by Crippen LogP contribution is -2.27. The minimum atomic E-state index is -0.601. The van der Waals surface area contributed by atoms with Crippen LogP contribution in [0.1, 0.15) is 30.1 Å². The molecule has 0 bridgehead atoms. The number of hydrogen-bond donors (Lipinski definition) is 2. The van der Waals surface area contributed by atoms with E-state index in [0.29, 0.717) is 19.0 Å². The molecule has 6 heteroatoms. The summed E-state index contributed by atoms with van der Waals surface area (Å²) in [5, 5.41) is 5.54. The molecule has 20 heavy (non-hydrogen) atoms. The summed E-state index contributed by atoms with van der Waals surface area (Å²) in [6.45, 7) is 4.48. The molecule has 1 saturated heterocycles. The van der Waals surface area contributed by atoms with E-state index < -0.39 is 11.7 Å². The second kappa shape index (κ2) is 7.19. The van der Waals surface area contributed by atoms with Gasteiger partial charge in [-0.2, -0.15) is 0 Å². The van der Waals surface area contributed by atoms with Gasteiger partial charge in [-0.1, -0.05) is 0 Å². The molecule has 1 aromatic rings. The summed E-state index contributed by atoms with van der Waals surface area (Å²) in [7, 11) is 0.